The van der Waals surface area contributed by atoms with Crippen molar-refractivity contribution in [3.63, 3.8) is 0 Å². The molecule has 1 aromatic carbocycles. The molecule has 0 radical (unpaired) electrons. The van der Waals surface area contributed by atoms with Gasteiger partial charge in [0.15, 0.2) is 11.6 Å². The number of anilines is 2. The third-order valence-electron chi connectivity index (χ3n) is 4.00. The zero-order chi connectivity index (χ0) is 22.1. The van der Waals surface area contributed by atoms with Gasteiger partial charge in [-0.15, -0.1) is 0 Å². The van der Waals surface area contributed by atoms with Crippen molar-refractivity contribution in [1.82, 2.24) is 14.7 Å². The summed E-state index contributed by atoms with van der Waals surface area (Å²) in [6, 6.07) is 7.28. The molecule has 1 heterocycles. The Morgan fingerprint density at radius 2 is 1.83 bits per heavy atom. The lowest BCUT2D eigenvalue weighted by atomic mass is 10.1. The highest BCUT2D eigenvalue weighted by Crippen LogP contribution is 2.25. The van der Waals surface area contributed by atoms with Gasteiger partial charge in [-0.05, 0) is 24.5 Å². The van der Waals surface area contributed by atoms with Gasteiger partial charge < -0.3 is 20.9 Å². The molecule has 10 nitrogen and oxygen atoms in total. The molecule has 164 valence electrons. The van der Waals surface area contributed by atoms with Gasteiger partial charge in [-0.2, -0.15) is 4.98 Å². The SMILES string of the molecule is CCc1nc(N)nc(N)c1OCCCOc1ccccc1CCC(=O)NS(C)(=O)=O. The lowest BCUT2D eigenvalue weighted by Gasteiger charge is -2.14. The summed E-state index contributed by atoms with van der Waals surface area (Å²) in [4.78, 5) is 19.7. The van der Waals surface area contributed by atoms with Gasteiger partial charge in [0.05, 0.1) is 25.2 Å². The third-order valence-corrected chi connectivity index (χ3v) is 4.60. The molecule has 0 aliphatic carbocycles. The first-order chi connectivity index (χ1) is 14.2. The molecular weight excluding hydrogens is 410 g/mol. The number of hydrogen-bond acceptors (Lipinski definition) is 9. The Balaban J connectivity index is 1.84. The van der Waals surface area contributed by atoms with Crippen LogP contribution in [0, 0.1) is 0 Å². The van der Waals surface area contributed by atoms with Crippen LogP contribution in [0.4, 0.5) is 11.8 Å². The summed E-state index contributed by atoms with van der Waals surface area (Å²) in [7, 11) is -3.56. The summed E-state index contributed by atoms with van der Waals surface area (Å²) in [5.41, 5.74) is 12.9. The van der Waals surface area contributed by atoms with Crippen LogP contribution < -0.4 is 25.7 Å². The topological polar surface area (TPSA) is 160 Å². The normalized spacial score (nSPS) is 11.1. The van der Waals surface area contributed by atoms with Gasteiger partial charge in [0.2, 0.25) is 21.9 Å². The van der Waals surface area contributed by atoms with Gasteiger partial charge in [0.1, 0.15) is 5.75 Å². The van der Waals surface area contributed by atoms with Crippen LogP contribution in [0.15, 0.2) is 24.3 Å². The van der Waals surface area contributed by atoms with Crippen molar-refractivity contribution in [3.05, 3.63) is 35.5 Å². The number of sulfonamides is 1. The molecular formula is C19H27N5O5S. The third kappa shape index (κ3) is 7.39. The van der Waals surface area contributed by atoms with E-state index in [0.29, 0.717) is 49.7 Å². The van der Waals surface area contributed by atoms with E-state index < -0.39 is 15.9 Å². The number of hydrogen-bond donors (Lipinski definition) is 3. The number of nitrogens with two attached hydrogens (primary N) is 2. The molecule has 1 aromatic heterocycles. The Morgan fingerprint density at radius 3 is 2.53 bits per heavy atom. The largest absolute Gasteiger partial charge is 0.493 e. The van der Waals surface area contributed by atoms with E-state index in [9.17, 15) is 13.2 Å². The lowest BCUT2D eigenvalue weighted by Crippen LogP contribution is -2.29. The molecule has 0 atom stereocenters. The maximum absolute atomic E-state index is 11.7. The van der Waals surface area contributed by atoms with Crippen molar-refractivity contribution in [2.24, 2.45) is 0 Å². The second kappa shape index (κ2) is 10.6. The van der Waals surface area contributed by atoms with Crippen LogP contribution in [0.5, 0.6) is 11.5 Å². The number of para-hydroxylation sites is 1. The zero-order valence-electron chi connectivity index (χ0n) is 17.1. The maximum Gasteiger partial charge on any atom is 0.233 e. The van der Waals surface area contributed by atoms with Crippen LogP contribution in [0.2, 0.25) is 0 Å². The van der Waals surface area contributed by atoms with Gasteiger partial charge in [0.25, 0.3) is 0 Å². The molecule has 0 aliphatic rings. The number of aromatic nitrogens is 2. The first kappa shape index (κ1) is 23.2. The van der Waals surface area contributed by atoms with Crippen molar-refractivity contribution in [2.75, 3.05) is 30.9 Å². The van der Waals surface area contributed by atoms with E-state index in [1.807, 2.05) is 29.8 Å². The Labute approximate surface area is 176 Å². The van der Waals surface area contributed by atoms with Crippen molar-refractivity contribution >= 4 is 27.7 Å². The van der Waals surface area contributed by atoms with Crippen LogP contribution in [0.1, 0.15) is 31.0 Å². The minimum Gasteiger partial charge on any atom is -0.493 e. The highest BCUT2D eigenvalue weighted by molar-refractivity contribution is 7.89. The number of carbonyl (C=O) groups excluding carboxylic acids is 1. The minimum absolute atomic E-state index is 0.0345. The van der Waals surface area contributed by atoms with E-state index in [4.69, 9.17) is 20.9 Å². The standard InChI is InChI=1S/C19H27N5O5S/c1-3-14-17(18(20)23-19(21)22-14)29-12-6-11-28-15-8-5-4-7-13(15)9-10-16(25)24-30(2,26)27/h4-5,7-8H,3,6,9-12H2,1-2H3,(H,24,25)(H4,20,21,22,23). The highest BCUT2D eigenvalue weighted by Gasteiger charge is 2.12. The number of nitrogen functional groups attached to an aromatic ring is 2. The molecule has 0 fully saturated rings. The summed E-state index contributed by atoms with van der Waals surface area (Å²) < 4.78 is 35.7. The minimum atomic E-state index is -3.56. The fraction of sp³-hybridized carbons (Fsp3) is 0.421. The quantitative estimate of drug-likeness (QED) is 0.437. The predicted octanol–water partition coefficient (Wildman–Crippen LogP) is 1.06. The van der Waals surface area contributed by atoms with Gasteiger partial charge in [0, 0.05) is 12.8 Å². The van der Waals surface area contributed by atoms with Crippen LogP contribution in [0.25, 0.3) is 0 Å². The van der Waals surface area contributed by atoms with E-state index in [-0.39, 0.29) is 18.2 Å². The van der Waals surface area contributed by atoms with Crippen LogP contribution in [-0.4, -0.2) is 43.8 Å². The number of nitrogens with zero attached hydrogens (tertiary/aromatic N) is 2. The Hall–Kier alpha value is -3.08. The monoisotopic (exact) mass is 437 g/mol. The molecule has 0 spiro atoms. The van der Waals surface area contributed by atoms with Gasteiger partial charge >= 0.3 is 0 Å². The van der Waals surface area contributed by atoms with Crippen LogP contribution in [0.3, 0.4) is 0 Å². The number of benzene rings is 1. The van der Waals surface area contributed by atoms with E-state index in [1.165, 1.54) is 0 Å². The Bertz CT molecular complexity index is 981. The molecule has 2 rings (SSSR count). The van der Waals surface area contributed by atoms with E-state index in [0.717, 1.165) is 11.8 Å². The first-order valence-corrected chi connectivity index (χ1v) is 11.3. The molecule has 0 saturated heterocycles. The lowest BCUT2D eigenvalue weighted by molar-refractivity contribution is -0.119. The smallest absolute Gasteiger partial charge is 0.233 e. The van der Waals surface area contributed by atoms with E-state index in [1.54, 1.807) is 6.07 Å². The number of aryl methyl sites for hydroxylation is 2. The Kier molecular flexibility index (Phi) is 8.22. The fourth-order valence-corrected chi connectivity index (χ4v) is 3.22. The van der Waals surface area contributed by atoms with E-state index >= 15 is 0 Å². The van der Waals surface area contributed by atoms with Gasteiger partial charge in [-0.3, -0.25) is 9.52 Å². The molecule has 0 aliphatic heterocycles. The molecule has 0 unspecified atom stereocenters. The fourth-order valence-electron chi connectivity index (χ4n) is 2.71. The second-order valence-corrected chi connectivity index (χ2v) is 8.30. The van der Waals surface area contributed by atoms with Crippen molar-refractivity contribution in [1.29, 1.82) is 0 Å². The number of carbonyl (C=O) groups is 1. The summed E-state index contributed by atoms with van der Waals surface area (Å²) >= 11 is 0. The average Bonchev–Trinajstić information content (AvgIpc) is 2.66. The molecule has 5 N–H and O–H groups in total. The van der Waals surface area contributed by atoms with Crippen molar-refractivity contribution in [2.45, 2.75) is 32.6 Å². The summed E-state index contributed by atoms with van der Waals surface area (Å²) in [6.07, 6.45) is 2.52. The molecule has 0 saturated carbocycles. The maximum atomic E-state index is 11.7. The van der Waals surface area contributed by atoms with Crippen molar-refractivity contribution < 1.29 is 22.7 Å². The summed E-state index contributed by atoms with van der Waals surface area (Å²) in [5, 5.41) is 0. The Morgan fingerprint density at radius 1 is 1.13 bits per heavy atom. The average molecular weight is 438 g/mol. The van der Waals surface area contributed by atoms with Crippen LogP contribution >= 0.6 is 0 Å². The number of rotatable bonds is 11. The second-order valence-electron chi connectivity index (χ2n) is 6.55. The van der Waals surface area contributed by atoms with Crippen molar-refractivity contribution in [3.8, 4) is 11.5 Å². The predicted molar refractivity (Wildman–Crippen MR) is 114 cm³/mol. The van der Waals surface area contributed by atoms with Gasteiger partial charge in [-0.25, -0.2) is 13.4 Å². The number of amides is 1. The zero-order valence-corrected chi connectivity index (χ0v) is 17.9. The molecule has 1 amide bonds. The summed E-state index contributed by atoms with van der Waals surface area (Å²) in [6.45, 7) is 2.65. The van der Waals surface area contributed by atoms with E-state index in [2.05, 4.69) is 9.97 Å². The van der Waals surface area contributed by atoms with Crippen LogP contribution in [-0.2, 0) is 27.7 Å². The number of ether oxygens (including phenoxy) is 2. The summed E-state index contributed by atoms with van der Waals surface area (Å²) in [5.74, 6) is 0.828. The number of nitrogens with one attached hydrogen (secondary N) is 1. The van der Waals surface area contributed by atoms with Gasteiger partial charge in [-0.1, -0.05) is 25.1 Å². The molecule has 30 heavy (non-hydrogen) atoms. The highest BCUT2D eigenvalue weighted by atomic mass is 32.2. The molecule has 11 heteroatoms. The molecule has 2 aromatic rings. The molecule has 0 bridgehead atoms. The first-order valence-electron chi connectivity index (χ1n) is 9.45.